The van der Waals surface area contributed by atoms with Crippen molar-refractivity contribution in [2.45, 2.75) is 32.5 Å². The van der Waals surface area contributed by atoms with E-state index in [-0.39, 0.29) is 6.01 Å². The number of nitrogens with zero attached hydrogens (tertiary/aromatic N) is 4. The zero-order valence-electron chi connectivity index (χ0n) is 12.5. The SMILES string of the molecule is CC(C)(C)OC(=O)N1CCN(c2nnc(C(F)(F)F)o2)CC1. The van der Waals surface area contributed by atoms with Crippen molar-refractivity contribution >= 4 is 12.1 Å². The quantitative estimate of drug-likeness (QED) is 0.789. The topological polar surface area (TPSA) is 71.7 Å². The Bertz CT molecular complexity index is 530. The van der Waals surface area contributed by atoms with Crippen LogP contribution in [0.3, 0.4) is 0 Å². The third-order valence-corrected chi connectivity index (χ3v) is 2.86. The number of hydrogen-bond acceptors (Lipinski definition) is 6. The molecule has 0 aliphatic carbocycles. The Morgan fingerprint density at radius 2 is 1.73 bits per heavy atom. The van der Waals surface area contributed by atoms with Crippen LogP contribution in [0.25, 0.3) is 0 Å². The first-order valence-electron chi connectivity index (χ1n) is 6.70. The zero-order valence-corrected chi connectivity index (χ0v) is 12.5. The molecule has 2 rings (SSSR count). The normalized spacial score (nSPS) is 16.8. The van der Waals surface area contributed by atoms with E-state index in [2.05, 4.69) is 14.6 Å². The number of ether oxygens (including phenoxy) is 1. The largest absolute Gasteiger partial charge is 0.470 e. The molecule has 1 saturated heterocycles. The average Bonchev–Trinajstić information content (AvgIpc) is 2.86. The molecule has 1 fully saturated rings. The summed E-state index contributed by atoms with van der Waals surface area (Å²) < 4.78 is 47.1. The first-order chi connectivity index (χ1) is 10.1. The third-order valence-electron chi connectivity index (χ3n) is 2.86. The summed E-state index contributed by atoms with van der Waals surface area (Å²) in [5.74, 6) is -1.38. The summed E-state index contributed by atoms with van der Waals surface area (Å²) in [7, 11) is 0. The van der Waals surface area contributed by atoms with Crippen LogP contribution in [0.1, 0.15) is 26.7 Å². The molecule has 1 amide bonds. The van der Waals surface area contributed by atoms with Gasteiger partial charge in [0.05, 0.1) is 0 Å². The van der Waals surface area contributed by atoms with E-state index in [4.69, 9.17) is 4.74 Å². The molecule has 0 unspecified atom stereocenters. The Kier molecular flexibility index (Phi) is 4.21. The van der Waals surface area contributed by atoms with Gasteiger partial charge in [-0.1, -0.05) is 5.10 Å². The minimum atomic E-state index is -4.66. The molecule has 0 spiro atoms. The fourth-order valence-corrected chi connectivity index (χ4v) is 1.86. The predicted octanol–water partition coefficient (Wildman–Crippen LogP) is 2.15. The smallest absolute Gasteiger partial charge is 0.444 e. The van der Waals surface area contributed by atoms with Gasteiger partial charge in [-0.05, 0) is 20.8 Å². The summed E-state index contributed by atoms with van der Waals surface area (Å²) in [6, 6.07) is -0.198. The average molecular weight is 322 g/mol. The monoisotopic (exact) mass is 322 g/mol. The Balaban J connectivity index is 1.92. The van der Waals surface area contributed by atoms with Crippen LogP contribution in [0, 0.1) is 0 Å². The molecule has 0 radical (unpaired) electrons. The second kappa shape index (κ2) is 5.65. The molecule has 0 N–H and O–H groups in total. The van der Waals surface area contributed by atoms with Crippen molar-refractivity contribution in [3.05, 3.63) is 5.89 Å². The molecule has 1 aromatic rings. The lowest BCUT2D eigenvalue weighted by Crippen LogP contribution is -2.50. The highest BCUT2D eigenvalue weighted by molar-refractivity contribution is 5.68. The van der Waals surface area contributed by atoms with Crippen molar-refractivity contribution in [3.8, 4) is 0 Å². The molecule has 2 heterocycles. The van der Waals surface area contributed by atoms with Crippen LogP contribution in [0.4, 0.5) is 24.0 Å². The van der Waals surface area contributed by atoms with Crippen LogP contribution >= 0.6 is 0 Å². The Morgan fingerprint density at radius 3 is 2.18 bits per heavy atom. The first kappa shape index (κ1) is 16.4. The van der Waals surface area contributed by atoms with Gasteiger partial charge in [-0.25, -0.2) is 4.79 Å². The molecule has 7 nitrogen and oxygen atoms in total. The van der Waals surface area contributed by atoms with Gasteiger partial charge in [0.25, 0.3) is 0 Å². The van der Waals surface area contributed by atoms with E-state index in [0.717, 1.165) is 0 Å². The number of halogens is 3. The van der Waals surface area contributed by atoms with Gasteiger partial charge in [-0.2, -0.15) is 13.2 Å². The van der Waals surface area contributed by atoms with Gasteiger partial charge in [-0.15, -0.1) is 5.10 Å². The fraction of sp³-hybridized carbons (Fsp3) is 0.750. The lowest BCUT2D eigenvalue weighted by Gasteiger charge is -2.34. The van der Waals surface area contributed by atoms with E-state index in [1.54, 1.807) is 20.8 Å². The Hall–Kier alpha value is -2.00. The van der Waals surface area contributed by atoms with E-state index < -0.39 is 23.8 Å². The molecule has 0 saturated carbocycles. The Labute approximate surface area is 125 Å². The number of piperazine rings is 1. The highest BCUT2D eigenvalue weighted by Gasteiger charge is 2.39. The van der Waals surface area contributed by atoms with Gasteiger partial charge in [0.2, 0.25) is 0 Å². The lowest BCUT2D eigenvalue weighted by molar-refractivity contribution is -0.157. The van der Waals surface area contributed by atoms with E-state index in [1.807, 2.05) is 0 Å². The van der Waals surface area contributed by atoms with Crippen LogP contribution in [0.2, 0.25) is 0 Å². The fourth-order valence-electron chi connectivity index (χ4n) is 1.86. The molecule has 0 bridgehead atoms. The summed E-state index contributed by atoms with van der Waals surface area (Å²) >= 11 is 0. The van der Waals surface area contributed by atoms with Crippen molar-refractivity contribution < 1.29 is 27.1 Å². The van der Waals surface area contributed by atoms with Crippen LogP contribution < -0.4 is 4.90 Å². The van der Waals surface area contributed by atoms with Crippen LogP contribution in [-0.2, 0) is 10.9 Å². The van der Waals surface area contributed by atoms with Gasteiger partial charge in [0.1, 0.15) is 5.60 Å². The summed E-state index contributed by atoms with van der Waals surface area (Å²) in [5, 5.41) is 6.37. The number of amides is 1. The molecular weight excluding hydrogens is 305 g/mol. The number of hydrogen-bond donors (Lipinski definition) is 0. The van der Waals surface area contributed by atoms with E-state index in [1.165, 1.54) is 9.80 Å². The van der Waals surface area contributed by atoms with Gasteiger partial charge >= 0.3 is 24.2 Å². The van der Waals surface area contributed by atoms with Crippen molar-refractivity contribution in [2.24, 2.45) is 0 Å². The van der Waals surface area contributed by atoms with Crippen molar-refractivity contribution in [1.29, 1.82) is 0 Å². The first-order valence-corrected chi connectivity index (χ1v) is 6.70. The molecular formula is C12H17F3N4O3. The number of aromatic nitrogens is 2. The number of rotatable bonds is 1. The maximum Gasteiger partial charge on any atom is 0.470 e. The number of alkyl halides is 3. The van der Waals surface area contributed by atoms with Crippen molar-refractivity contribution in [3.63, 3.8) is 0 Å². The molecule has 10 heteroatoms. The van der Waals surface area contributed by atoms with Crippen molar-refractivity contribution in [1.82, 2.24) is 15.1 Å². The van der Waals surface area contributed by atoms with Gasteiger partial charge < -0.3 is 19.0 Å². The van der Waals surface area contributed by atoms with E-state index >= 15 is 0 Å². The standard InChI is InChI=1S/C12H17F3N4O3/c1-11(2,3)22-10(20)19-6-4-18(5-7-19)9-17-16-8(21-9)12(13,14)15/h4-7H2,1-3H3. The summed E-state index contributed by atoms with van der Waals surface area (Å²) in [5.41, 5.74) is -0.595. The second-order valence-corrected chi connectivity index (χ2v) is 5.84. The summed E-state index contributed by atoms with van der Waals surface area (Å²) in [6.07, 6.45) is -5.11. The molecule has 1 aliphatic rings. The van der Waals surface area contributed by atoms with Crippen LogP contribution in [-0.4, -0.2) is 53.0 Å². The van der Waals surface area contributed by atoms with Gasteiger partial charge in [0.15, 0.2) is 0 Å². The maximum absolute atomic E-state index is 12.4. The molecule has 0 atom stereocenters. The van der Waals surface area contributed by atoms with E-state index in [9.17, 15) is 18.0 Å². The minimum Gasteiger partial charge on any atom is -0.444 e. The molecule has 1 aliphatic heterocycles. The molecule has 0 aromatic carbocycles. The second-order valence-electron chi connectivity index (χ2n) is 5.84. The number of carbonyl (C=O) groups excluding carboxylic acids is 1. The highest BCUT2D eigenvalue weighted by atomic mass is 19.4. The van der Waals surface area contributed by atoms with Crippen molar-refractivity contribution in [2.75, 3.05) is 31.1 Å². The molecule has 1 aromatic heterocycles. The molecule has 22 heavy (non-hydrogen) atoms. The van der Waals surface area contributed by atoms with Gasteiger partial charge in [0, 0.05) is 26.2 Å². The Morgan fingerprint density at radius 1 is 1.14 bits per heavy atom. The zero-order chi connectivity index (χ0) is 16.5. The number of anilines is 1. The predicted molar refractivity (Wildman–Crippen MR) is 69.3 cm³/mol. The summed E-state index contributed by atoms with van der Waals surface area (Å²) in [6.45, 7) is 6.48. The van der Waals surface area contributed by atoms with Crippen LogP contribution in [0.15, 0.2) is 4.42 Å². The highest BCUT2D eigenvalue weighted by Crippen LogP contribution is 2.29. The minimum absolute atomic E-state index is 0.198. The van der Waals surface area contributed by atoms with E-state index in [0.29, 0.717) is 26.2 Å². The third kappa shape index (κ3) is 4.01. The number of carbonyl (C=O) groups is 1. The van der Waals surface area contributed by atoms with Crippen LogP contribution in [0.5, 0.6) is 0 Å². The molecule has 124 valence electrons. The summed E-state index contributed by atoms with van der Waals surface area (Å²) in [4.78, 5) is 14.9. The maximum atomic E-state index is 12.4. The lowest BCUT2D eigenvalue weighted by atomic mass is 10.2. The van der Waals surface area contributed by atoms with Gasteiger partial charge in [-0.3, -0.25) is 0 Å².